The minimum atomic E-state index is -2.31. The second-order valence-corrected chi connectivity index (χ2v) is 7.52. The number of esters is 1. The summed E-state index contributed by atoms with van der Waals surface area (Å²) >= 11 is 0. The van der Waals surface area contributed by atoms with Gasteiger partial charge in [0.25, 0.3) is 0 Å². The third-order valence-corrected chi connectivity index (χ3v) is 5.37. The van der Waals surface area contributed by atoms with Crippen molar-refractivity contribution in [1.82, 2.24) is 0 Å². The van der Waals surface area contributed by atoms with Crippen molar-refractivity contribution in [2.75, 3.05) is 19.8 Å². The number of carbonyl (C=O) groups excluding carboxylic acids is 1. The van der Waals surface area contributed by atoms with Crippen molar-refractivity contribution >= 4 is 5.97 Å². The predicted octanol–water partition coefficient (Wildman–Crippen LogP) is -3.83. The Morgan fingerprint density at radius 1 is 0.938 bits per heavy atom. The van der Waals surface area contributed by atoms with Crippen LogP contribution in [0.25, 0.3) is 0 Å². The first-order valence-corrected chi connectivity index (χ1v) is 9.73. The predicted molar refractivity (Wildman–Crippen MR) is 99.9 cm³/mol. The van der Waals surface area contributed by atoms with Gasteiger partial charge >= 0.3 is 5.97 Å². The van der Waals surface area contributed by atoms with Crippen molar-refractivity contribution in [3.05, 3.63) is 29.8 Å². The largest absolute Gasteiger partial charge is 0.508 e. The van der Waals surface area contributed by atoms with Crippen molar-refractivity contribution in [3.8, 4) is 5.75 Å². The van der Waals surface area contributed by atoms with Crippen LogP contribution in [0.2, 0.25) is 0 Å². The van der Waals surface area contributed by atoms with Gasteiger partial charge in [0.15, 0.2) is 6.29 Å². The van der Waals surface area contributed by atoms with E-state index in [2.05, 4.69) is 0 Å². The maximum Gasteiger partial charge on any atom is 0.338 e. The second kappa shape index (κ2) is 9.93. The zero-order chi connectivity index (χ0) is 23.6. The first-order chi connectivity index (χ1) is 15.1. The molecule has 180 valence electrons. The van der Waals surface area contributed by atoms with Crippen LogP contribution in [0.4, 0.5) is 0 Å². The number of hydrogen-bond donors (Lipinski definition) is 8. The quantitative estimate of drug-likeness (QED) is 0.183. The summed E-state index contributed by atoms with van der Waals surface area (Å²) in [5.41, 5.74) is 0.0900. The highest BCUT2D eigenvalue weighted by molar-refractivity contribution is 5.89. The molecule has 0 aliphatic carbocycles. The highest BCUT2D eigenvalue weighted by atomic mass is 16.8. The van der Waals surface area contributed by atoms with E-state index in [0.29, 0.717) is 0 Å². The van der Waals surface area contributed by atoms with Crippen LogP contribution in [0.15, 0.2) is 24.3 Å². The fourth-order valence-electron chi connectivity index (χ4n) is 3.46. The topological polar surface area (TPSA) is 216 Å². The summed E-state index contributed by atoms with van der Waals surface area (Å²) in [4.78, 5) is 12.1. The van der Waals surface area contributed by atoms with Crippen LogP contribution in [0.5, 0.6) is 5.75 Å². The number of hydrogen-bond acceptors (Lipinski definition) is 13. The van der Waals surface area contributed by atoms with E-state index < -0.39 is 80.6 Å². The van der Waals surface area contributed by atoms with E-state index in [-0.39, 0.29) is 11.3 Å². The highest BCUT2D eigenvalue weighted by Gasteiger charge is 2.58. The number of phenols is 1. The van der Waals surface area contributed by atoms with Crippen molar-refractivity contribution in [2.45, 2.75) is 54.8 Å². The molecule has 0 spiro atoms. The fraction of sp³-hybridized carbons (Fsp3) is 0.632. The highest BCUT2D eigenvalue weighted by Crippen LogP contribution is 2.36. The second-order valence-electron chi connectivity index (χ2n) is 7.52. The Kier molecular flexibility index (Phi) is 7.67. The number of benzene rings is 1. The number of aromatic hydroxyl groups is 1. The molecule has 13 heteroatoms. The molecule has 13 nitrogen and oxygen atoms in total. The lowest BCUT2D eigenvalue weighted by atomic mass is 9.99. The molecule has 9 atom stereocenters. The van der Waals surface area contributed by atoms with E-state index >= 15 is 0 Å². The van der Waals surface area contributed by atoms with Gasteiger partial charge in [-0.2, -0.15) is 0 Å². The van der Waals surface area contributed by atoms with Crippen LogP contribution in [-0.4, -0.2) is 121 Å². The Morgan fingerprint density at radius 3 is 2.16 bits per heavy atom. The van der Waals surface area contributed by atoms with E-state index in [1.54, 1.807) is 0 Å². The van der Waals surface area contributed by atoms with Crippen LogP contribution in [0, 0.1) is 0 Å². The molecule has 8 N–H and O–H groups in total. The van der Waals surface area contributed by atoms with Gasteiger partial charge in [-0.25, -0.2) is 4.79 Å². The van der Waals surface area contributed by atoms with Gasteiger partial charge in [0.05, 0.1) is 12.2 Å². The van der Waals surface area contributed by atoms with Gasteiger partial charge in [-0.3, -0.25) is 0 Å². The number of carbonyl (C=O) groups is 1. The summed E-state index contributed by atoms with van der Waals surface area (Å²) in [6.07, 6.45) is -13.4. The molecule has 0 aromatic heterocycles. The molecule has 32 heavy (non-hydrogen) atoms. The number of phenolic OH excluding ortho intramolecular Hbond substituents is 1. The Hall–Kier alpha value is -1.91. The van der Waals surface area contributed by atoms with Crippen LogP contribution < -0.4 is 0 Å². The Balaban J connectivity index is 1.69. The molecule has 0 bridgehead atoms. The molecule has 2 heterocycles. The van der Waals surface area contributed by atoms with Gasteiger partial charge in [-0.05, 0) is 24.3 Å². The molecule has 1 aromatic carbocycles. The monoisotopic (exact) mass is 462 g/mol. The maximum atomic E-state index is 12.1. The van der Waals surface area contributed by atoms with E-state index in [1.807, 2.05) is 0 Å². The summed E-state index contributed by atoms with van der Waals surface area (Å²) in [6, 6.07) is 5.13. The molecule has 3 rings (SSSR count). The summed E-state index contributed by atoms with van der Waals surface area (Å²) in [5, 5.41) is 79.0. The molecule has 2 aliphatic rings. The zero-order valence-electron chi connectivity index (χ0n) is 16.7. The molecule has 2 aliphatic heterocycles. The molecule has 0 saturated carbocycles. The molecular weight excluding hydrogens is 436 g/mol. The lowest BCUT2D eigenvalue weighted by molar-refractivity contribution is -0.383. The molecule has 0 radical (unpaired) electrons. The molecule has 0 amide bonds. The average molecular weight is 462 g/mol. The van der Waals surface area contributed by atoms with E-state index in [4.69, 9.17) is 18.9 Å². The Bertz CT molecular complexity index is 773. The summed E-state index contributed by atoms with van der Waals surface area (Å²) in [6.45, 7) is -2.32. The Labute approximate surface area is 181 Å². The maximum absolute atomic E-state index is 12.1. The van der Waals surface area contributed by atoms with Gasteiger partial charge in [0.1, 0.15) is 61.7 Å². The Morgan fingerprint density at radius 2 is 1.59 bits per heavy atom. The lowest BCUT2D eigenvalue weighted by Crippen LogP contribution is -2.62. The smallest absolute Gasteiger partial charge is 0.338 e. The SMILES string of the molecule is O=C(OC[C@@H]1O[C@@H](O[C@@]2(CO)O[C@@H](CO)[C@H](O)[C@H]2O)[C@@H](O)[C@H](O)[C@H]1O)c1ccc(O)cc1. The number of ether oxygens (including phenoxy) is 4. The summed E-state index contributed by atoms with van der Waals surface area (Å²) in [7, 11) is 0. The van der Waals surface area contributed by atoms with Gasteiger partial charge in [-0.1, -0.05) is 0 Å². The summed E-state index contributed by atoms with van der Waals surface area (Å²) in [5.74, 6) is -3.20. The van der Waals surface area contributed by atoms with Gasteiger partial charge in [0, 0.05) is 0 Å². The van der Waals surface area contributed by atoms with E-state index in [0.717, 1.165) is 0 Å². The molecule has 2 saturated heterocycles. The minimum absolute atomic E-state index is 0.0626. The third kappa shape index (κ3) is 4.72. The van der Waals surface area contributed by atoms with Crippen LogP contribution in [0.3, 0.4) is 0 Å². The molecular formula is C19H26O13. The molecule has 0 unspecified atom stereocenters. The third-order valence-electron chi connectivity index (χ3n) is 5.37. The van der Waals surface area contributed by atoms with Crippen molar-refractivity contribution in [1.29, 1.82) is 0 Å². The van der Waals surface area contributed by atoms with Crippen molar-refractivity contribution < 1.29 is 64.6 Å². The first kappa shape index (κ1) is 24.7. The number of aliphatic hydroxyl groups is 7. The first-order valence-electron chi connectivity index (χ1n) is 9.73. The fourth-order valence-corrected chi connectivity index (χ4v) is 3.46. The normalized spacial score (nSPS) is 39.7. The van der Waals surface area contributed by atoms with Crippen molar-refractivity contribution in [2.24, 2.45) is 0 Å². The van der Waals surface area contributed by atoms with E-state index in [1.165, 1.54) is 24.3 Å². The van der Waals surface area contributed by atoms with Gasteiger partial charge < -0.3 is 59.8 Å². The van der Waals surface area contributed by atoms with Crippen molar-refractivity contribution in [3.63, 3.8) is 0 Å². The number of rotatable bonds is 7. The average Bonchev–Trinajstić information content (AvgIpc) is 3.03. The minimum Gasteiger partial charge on any atom is -0.508 e. The summed E-state index contributed by atoms with van der Waals surface area (Å²) < 4.78 is 21.0. The molecule has 2 fully saturated rings. The van der Waals surface area contributed by atoms with E-state index in [9.17, 15) is 45.6 Å². The zero-order valence-corrected chi connectivity index (χ0v) is 16.7. The van der Waals surface area contributed by atoms with Crippen LogP contribution >= 0.6 is 0 Å². The van der Waals surface area contributed by atoms with Crippen LogP contribution in [-0.2, 0) is 18.9 Å². The molecule has 1 aromatic rings. The lowest BCUT2D eigenvalue weighted by Gasteiger charge is -2.43. The van der Waals surface area contributed by atoms with Crippen LogP contribution in [0.1, 0.15) is 10.4 Å². The number of aliphatic hydroxyl groups excluding tert-OH is 7. The standard InChI is InChI=1S/C19H26O13/c20-5-10-13(24)16(27)19(7-21,31-10)32-18-15(26)14(25)12(23)11(30-18)6-29-17(28)8-1-3-9(22)4-2-8/h1-4,10-16,18,20-27H,5-7H2/t10-,11-,12-,13-,14+,15-,16+,18-,19+/m0/s1. The van der Waals surface area contributed by atoms with Gasteiger partial charge in [0.2, 0.25) is 5.79 Å². The van der Waals surface area contributed by atoms with Gasteiger partial charge in [-0.15, -0.1) is 0 Å².